The Kier molecular flexibility index (Phi) is 5.99. The minimum absolute atomic E-state index is 0.151. The third-order valence-electron chi connectivity index (χ3n) is 4.58. The van der Waals surface area contributed by atoms with Crippen LogP contribution in [-0.2, 0) is 0 Å². The van der Waals surface area contributed by atoms with Gasteiger partial charge in [0.2, 0.25) is 5.70 Å². The van der Waals surface area contributed by atoms with Crippen LogP contribution in [0.3, 0.4) is 0 Å². The number of nitrogens with zero attached hydrogens (tertiary/aromatic N) is 2. The van der Waals surface area contributed by atoms with Crippen molar-refractivity contribution in [3.8, 4) is 0 Å². The maximum Gasteiger partial charge on any atom is 0.270 e. The van der Waals surface area contributed by atoms with Crippen LogP contribution in [0.4, 0.5) is 11.4 Å². The molecule has 1 N–H and O–H groups in total. The SMILES string of the molecule is Cc1cccc(NC(=S)C(=C([O-])c2cccc([N+](=O)[O-])c2)[n+]2ccccc2)c1C. The highest BCUT2D eigenvalue weighted by molar-refractivity contribution is 7.81. The summed E-state index contributed by atoms with van der Waals surface area (Å²) in [5.74, 6) is -0.410. The summed E-state index contributed by atoms with van der Waals surface area (Å²) in [5.41, 5.74) is 3.17. The summed E-state index contributed by atoms with van der Waals surface area (Å²) in [5, 5.41) is 27.6. The highest BCUT2D eigenvalue weighted by atomic mass is 32.1. The van der Waals surface area contributed by atoms with Gasteiger partial charge in [-0.25, -0.2) is 0 Å². The van der Waals surface area contributed by atoms with Crippen LogP contribution >= 0.6 is 12.2 Å². The van der Waals surface area contributed by atoms with Gasteiger partial charge in [-0.2, -0.15) is 4.57 Å². The lowest BCUT2D eigenvalue weighted by molar-refractivity contribution is -0.577. The quantitative estimate of drug-likeness (QED) is 0.175. The van der Waals surface area contributed by atoms with Crippen LogP contribution in [-0.4, -0.2) is 9.91 Å². The Morgan fingerprint density at radius 2 is 1.72 bits per heavy atom. The molecule has 0 unspecified atom stereocenters. The normalized spacial score (nSPS) is 11.5. The molecule has 7 heteroatoms. The molecule has 0 saturated carbocycles. The van der Waals surface area contributed by atoms with Crippen molar-refractivity contribution in [3.05, 3.63) is 99.9 Å². The predicted octanol–water partition coefficient (Wildman–Crippen LogP) is 3.62. The van der Waals surface area contributed by atoms with E-state index in [0.29, 0.717) is 0 Å². The molecule has 0 aliphatic heterocycles. The molecule has 146 valence electrons. The summed E-state index contributed by atoms with van der Waals surface area (Å²) >= 11 is 5.58. The van der Waals surface area contributed by atoms with Gasteiger partial charge < -0.3 is 10.4 Å². The molecule has 1 heterocycles. The van der Waals surface area contributed by atoms with Gasteiger partial charge in [0.05, 0.1) is 4.92 Å². The molecule has 29 heavy (non-hydrogen) atoms. The van der Waals surface area contributed by atoms with E-state index in [2.05, 4.69) is 5.32 Å². The zero-order chi connectivity index (χ0) is 21.0. The van der Waals surface area contributed by atoms with Gasteiger partial charge in [-0.05, 0) is 42.4 Å². The number of hydrogen-bond donors (Lipinski definition) is 1. The van der Waals surface area contributed by atoms with Crippen molar-refractivity contribution in [1.82, 2.24) is 0 Å². The average molecular weight is 405 g/mol. The number of non-ortho nitro benzene ring substituents is 1. The molecular formula is C22H19N3O3S. The number of hydrogen-bond acceptors (Lipinski definition) is 4. The fourth-order valence-electron chi connectivity index (χ4n) is 2.85. The van der Waals surface area contributed by atoms with Crippen molar-refractivity contribution in [2.24, 2.45) is 0 Å². The third kappa shape index (κ3) is 4.47. The van der Waals surface area contributed by atoms with E-state index in [4.69, 9.17) is 12.2 Å². The van der Waals surface area contributed by atoms with E-state index in [1.807, 2.05) is 38.1 Å². The largest absolute Gasteiger partial charge is 0.867 e. The second kappa shape index (κ2) is 8.62. The number of aryl methyl sites for hydroxylation is 1. The molecule has 0 aliphatic carbocycles. The zero-order valence-electron chi connectivity index (χ0n) is 16.0. The van der Waals surface area contributed by atoms with Gasteiger partial charge in [0.15, 0.2) is 17.4 Å². The number of nitrogens with one attached hydrogen (secondary N) is 1. The Hall–Kier alpha value is -3.58. The van der Waals surface area contributed by atoms with Gasteiger partial charge in [-0.15, -0.1) is 0 Å². The first-order valence-corrected chi connectivity index (χ1v) is 9.29. The van der Waals surface area contributed by atoms with Gasteiger partial charge in [0.1, 0.15) is 0 Å². The lowest BCUT2D eigenvalue weighted by atomic mass is 10.1. The van der Waals surface area contributed by atoms with Gasteiger partial charge >= 0.3 is 0 Å². The maximum atomic E-state index is 13.3. The second-order valence-corrected chi connectivity index (χ2v) is 6.88. The van der Waals surface area contributed by atoms with Crippen LogP contribution in [0.1, 0.15) is 16.7 Å². The van der Waals surface area contributed by atoms with Crippen molar-refractivity contribution in [2.75, 3.05) is 5.32 Å². The van der Waals surface area contributed by atoms with Crippen molar-refractivity contribution >= 4 is 40.0 Å². The maximum absolute atomic E-state index is 13.3. The van der Waals surface area contributed by atoms with Crippen LogP contribution in [0.25, 0.3) is 11.5 Å². The summed E-state index contributed by atoms with van der Waals surface area (Å²) in [7, 11) is 0. The Morgan fingerprint density at radius 3 is 2.41 bits per heavy atom. The fourth-order valence-corrected chi connectivity index (χ4v) is 3.16. The van der Waals surface area contributed by atoms with Crippen molar-refractivity contribution in [2.45, 2.75) is 13.8 Å². The van der Waals surface area contributed by atoms with Crippen LogP contribution in [0, 0.1) is 24.0 Å². The standard InChI is InChI=1S/C22H19N3O3S/c1-15-8-6-11-19(16(15)2)23-22(29)20(24-12-4-3-5-13-24)21(26)17-9-7-10-18(14-17)25(27)28/h3-14H,1-2H3,(H-,23,26,29). The first-order chi connectivity index (χ1) is 13.9. The van der Waals surface area contributed by atoms with Crippen LogP contribution < -0.4 is 15.0 Å². The Balaban J connectivity index is 2.11. The van der Waals surface area contributed by atoms with E-state index in [9.17, 15) is 15.2 Å². The van der Waals surface area contributed by atoms with Gasteiger partial charge in [-0.1, -0.05) is 42.5 Å². The highest BCUT2D eigenvalue weighted by Gasteiger charge is 2.20. The molecule has 0 amide bonds. The van der Waals surface area contributed by atoms with E-state index < -0.39 is 10.7 Å². The van der Waals surface area contributed by atoms with E-state index in [1.165, 1.54) is 18.2 Å². The minimum Gasteiger partial charge on any atom is -0.867 e. The van der Waals surface area contributed by atoms with Gasteiger partial charge in [0, 0.05) is 30.0 Å². The number of nitro groups is 1. The smallest absolute Gasteiger partial charge is 0.270 e. The lowest BCUT2D eigenvalue weighted by Crippen LogP contribution is -2.39. The first kappa shape index (κ1) is 20.2. The molecule has 0 spiro atoms. The number of nitro benzene ring substituents is 1. The summed E-state index contributed by atoms with van der Waals surface area (Å²) < 4.78 is 1.61. The van der Waals surface area contributed by atoms with Crippen molar-refractivity contribution in [1.29, 1.82) is 0 Å². The molecule has 2 aromatic carbocycles. The molecule has 0 fully saturated rings. The van der Waals surface area contributed by atoms with Crippen LogP contribution in [0.15, 0.2) is 73.1 Å². The van der Waals surface area contributed by atoms with Crippen LogP contribution in [0.5, 0.6) is 0 Å². The van der Waals surface area contributed by atoms with E-state index in [1.54, 1.807) is 35.2 Å². The molecule has 6 nitrogen and oxygen atoms in total. The van der Waals surface area contributed by atoms with Crippen molar-refractivity contribution in [3.63, 3.8) is 0 Å². The number of benzene rings is 2. The monoisotopic (exact) mass is 405 g/mol. The van der Waals surface area contributed by atoms with E-state index >= 15 is 0 Å². The summed E-state index contributed by atoms with van der Waals surface area (Å²) in [6, 6.07) is 16.8. The van der Waals surface area contributed by atoms with E-state index in [0.717, 1.165) is 16.8 Å². The van der Waals surface area contributed by atoms with E-state index in [-0.39, 0.29) is 21.9 Å². The Labute approximate surface area is 173 Å². The van der Waals surface area contributed by atoms with Crippen LogP contribution in [0.2, 0.25) is 0 Å². The second-order valence-electron chi connectivity index (χ2n) is 6.47. The fraction of sp³-hybridized carbons (Fsp3) is 0.0909. The number of aromatic nitrogens is 1. The number of pyridine rings is 1. The topological polar surface area (TPSA) is 82.1 Å². The Morgan fingerprint density at radius 1 is 1.03 bits per heavy atom. The predicted molar refractivity (Wildman–Crippen MR) is 115 cm³/mol. The molecule has 0 bridgehead atoms. The number of thiocarbonyl (C=S) groups is 1. The lowest BCUT2D eigenvalue weighted by Gasteiger charge is -2.18. The minimum atomic E-state index is -0.529. The molecule has 0 atom stereocenters. The molecule has 0 aliphatic rings. The Bertz CT molecular complexity index is 1110. The number of anilines is 1. The molecule has 0 radical (unpaired) electrons. The zero-order valence-corrected chi connectivity index (χ0v) is 16.8. The number of rotatable bonds is 5. The van der Waals surface area contributed by atoms with Crippen molar-refractivity contribution < 1.29 is 14.6 Å². The average Bonchev–Trinajstić information content (AvgIpc) is 2.72. The summed E-state index contributed by atoms with van der Waals surface area (Å²) in [6.45, 7) is 3.96. The summed E-state index contributed by atoms with van der Waals surface area (Å²) in [4.78, 5) is 10.8. The molecule has 1 aromatic heterocycles. The van der Waals surface area contributed by atoms with Gasteiger partial charge in [0.25, 0.3) is 5.69 Å². The molecule has 3 aromatic rings. The third-order valence-corrected chi connectivity index (χ3v) is 4.87. The molecule has 0 saturated heterocycles. The molecule has 3 rings (SSSR count). The first-order valence-electron chi connectivity index (χ1n) is 8.89. The summed E-state index contributed by atoms with van der Waals surface area (Å²) in [6.07, 6.45) is 3.42. The van der Waals surface area contributed by atoms with Gasteiger partial charge in [-0.3, -0.25) is 10.1 Å². The molecular weight excluding hydrogens is 386 g/mol. The highest BCUT2D eigenvalue weighted by Crippen LogP contribution is 2.23.